The van der Waals surface area contributed by atoms with Crippen LogP contribution in [-0.2, 0) is 0 Å². The third-order valence-electron chi connectivity index (χ3n) is 4.45. The Labute approximate surface area is 171 Å². The molecule has 1 saturated heterocycles. The predicted molar refractivity (Wildman–Crippen MR) is 113 cm³/mol. The van der Waals surface area contributed by atoms with Crippen molar-refractivity contribution < 1.29 is 13.7 Å². The summed E-state index contributed by atoms with van der Waals surface area (Å²) in [5.41, 5.74) is 3.34. The summed E-state index contributed by atoms with van der Waals surface area (Å²) in [6.07, 6.45) is 1.24. The van der Waals surface area contributed by atoms with E-state index in [9.17, 15) is 9.18 Å². The summed E-state index contributed by atoms with van der Waals surface area (Å²) >= 11 is 3.88. The smallest absolute Gasteiger partial charge is 0.261 e. The van der Waals surface area contributed by atoms with Crippen LogP contribution >= 0.6 is 23.5 Å². The molecule has 1 amide bonds. The number of benzene rings is 2. The molecule has 0 bridgehead atoms. The van der Waals surface area contributed by atoms with Crippen molar-refractivity contribution in [2.24, 2.45) is 0 Å². The highest BCUT2D eigenvalue weighted by atomic mass is 32.2. The van der Waals surface area contributed by atoms with Gasteiger partial charge in [0.15, 0.2) is 0 Å². The summed E-state index contributed by atoms with van der Waals surface area (Å²) in [7, 11) is 0. The largest absolute Gasteiger partial charge is 0.360 e. The maximum absolute atomic E-state index is 13.2. The number of nitrogens with one attached hydrogen (secondary N) is 1. The number of hydrogen-bond acceptors (Lipinski definition) is 5. The summed E-state index contributed by atoms with van der Waals surface area (Å²) in [6.45, 7) is 1.70. The Kier molecular flexibility index (Phi) is 5.73. The Morgan fingerprint density at radius 2 is 1.93 bits per heavy atom. The highest BCUT2D eigenvalue weighted by Gasteiger charge is 2.22. The zero-order chi connectivity index (χ0) is 19.5. The highest BCUT2D eigenvalue weighted by molar-refractivity contribution is 8.16. The molecule has 0 atom stereocenters. The van der Waals surface area contributed by atoms with Gasteiger partial charge in [0.2, 0.25) is 0 Å². The van der Waals surface area contributed by atoms with Gasteiger partial charge in [-0.3, -0.25) is 4.79 Å². The fourth-order valence-electron chi connectivity index (χ4n) is 3.08. The minimum Gasteiger partial charge on any atom is -0.360 e. The second-order valence-corrected chi connectivity index (χ2v) is 9.20. The van der Waals surface area contributed by atoms with Crippen molar-refractivity contribution in [1.29, 1.82) is 0 Å². The molecule has 0 unspecified atom stereocenters. The monoisotopic (exact) mass is 414 g/mol. The maximum atomic E-state index is 13.2. The van der Waals surface area contributed by atoms with Crippen LogP contribution in [0, 0.1) is 12.7 Å². The quantitative estimate of drug-likeness (QED) is 0.575. The van der Waals surface area contributed by atoms with Gasteiger partial charge >= 0.3 is 0 Å². The van der Waals surface area contributed by atoms with E-state index in [1.165, 1.54) is 24.1 Å². The van der Waals surface area contributed by atoms with E-state index in [1.807, 2.05) is 41.7 Å². The number of carbonyl (C=O) groups is 1. The summed E-state index contributed by atoms with van der Waals surface area (Å²) in [5, 5.41) is 6.96. The Balaban J connectivity index is 1.58. The maximum Gasteiger partial charge on any atom is 0.261 e. The van der Waals surface area contributed by atoms with Gasteiger partial charge in [-0.15, -0.1) is 23.5 Å². The van der Waals surface area contributed by atoms with E-state index in [0.717, 1.165) is 17.2 Å². The molecule has 1 aromatic heterocycles. The van der Waals surface area contributed by atoms with Gasteiger partial charge in [-0.25, -0.2) is 4.39 Å². The van der Waals surface area contributed by atoms with Crippen LogP contribution in [0.15, 0.2) is 53.1 Å². The van der Waals surface area contributed by atoms with Gasteiger partial charge in [-0.1, -0.05) is 17.3 Å². The lowest BCUT2D eigenvalue weighted by Crippen LogP contribution is -2.14. The lowest BCUT2D eigenvalue weighted by atomic mass is 10.1. The molecular formula is C21H19FN2O2S2. The molecule has 0 spiro atoms. The Morgan fingerprint density at radius 1 is 1.18 bits per heavy atom. The van der Waals surface area contributed by atoms with Crippen LogP contribution in [0.25, 0.3) is 11.3 Å². The fraction of sp³-hybridized carbons (Fsp3) is 0.238. The normalized spacial score (nSPS) is 14.8. The molecule has 1 aliphatic heterocycles. The minimum absolute atomic E-state index is 0.292. The number of aryl methyl sites for hydroxylation is 1. The van der Waals surface area contributed by atoms with Crippen molar-refractivity contribution in [3.05, 3.63) is 71.2 Å². The first-order valence-corrected chi connectivity index (χ1v) is 11.1. The lowest BCUT2D eigenvalue weighted by molar-refractivity contribution is 0.102. The van der Waals surface area contributed by atoms with Gasteiger partial charge in [0.1, 0.15) is 22.8 Å². The second kappa shape index (κ2) is 8.41. The third-order valence-corrected chi connectivity index (χ3v) is 7.47. The van der Waals surface area contributed by atoms with Crippen LogP contribution in [0.3, 0.4) is 0 Å². The van der Waals surface area contributed by atoms with Gasteiger partial charge < -0.3 is 9.84 Å². The number of nitrogens with zero attached hydrogens (tertiary/aromatic N) is 1. The van der Waals surface area contributed by atoms with E-state index in [4.69, 9.17) is 4.52 Å². The van der Waals surface area contributed by atoms with E-state index >= 15 is 0 Å². The topological polar surface area (TPSA) is 55.1 Å². The highest BCUT2D eigenvalue weighted by Crippen LogP contribution is 2.44. The zero-order valence-electron chi connectivity index (χ0n) is 15.3. The average molecular weight is 415 g/mol. The van der Waals surface area contributed by atoms with Crippen LogP contribution in [0.5, 0.6) is 0 Å². The predicted octanol–water partition coefficient (Wildman–Crippen LogP) is 5.91. The van der Waals surface area contributed by atoms with Crippen LogP contribution < -0.4 is 5.32 Å². The second-order valence-electron chi connectivity index (χ2n) is 6.48. The first-order valence-electron chi connectivity index (χ1n) is 8.98. The molecular weight excluding hydrogens is 395 g/mol. The van der Waals surface area contributed by atoms with Crippen LogP contribution in [0.2, 0.25) is 0 Å². The molecule has 7 heteroatoms. The van der Waals surface area contributed by atoms with E-state index in [2.05, 4.69) is 16.5 Å². The van der Waals surface area contributed by atoms with Crippen LogP contribution in [-0.4, -0.2) is 22.6 Å². The molecule has 3 aromatic rings. The van der Waals surface area contributed by atoms with Crippen molar-refractivity contribution in [3.63, 3.8) is 0 Å². The van der Waals surface area contributed by atoms with Gasteiger partial charge in [0.25, 0.3) is 5.91 Å². The molecule has 144 valence electrons. The van der Waals surface area contributed by atoms with Crippen LogP contribution in [0.4, 0.5) is 10.1 Å². The molecule has 28 heavy (non-hydrogen) atoms. The molecule has 0 aliphatic carbocycles. The number of amides is 1. The minimum atomic E-state index is -0.342. The van der Waals surface area contributed by atoms with Crippen molar-refractivity contribution in [2.75, 3.05) is 16.8 Å². The van der Waals surface area contributed by atoms with Crippen molar-refractivity contribution in [2.45, 2.75) is 17.9 Å². The van der Waals surface area contributed by atoms with Gasteiger partial charge in [-0.2, -0.15) is 0 Å². The van der Waals surface area contributed by atoms with Gasteiger partial charge in [0, 0.05) is 11.3 Å². The molecule has 0 radical (unpaired) electrons. The summed E-state index contributed by atoms with van der Waals surface area (Å²) in [6, 6.07) is 13.8. The van der Waals surface area contributed by atoms with Crippen molar-refractivity contribution in [1.82, 2.24) is 5.16 Å². The fourth-order valence-corrected chi connectivity index (χ4v) is 5.95. The number of rotatable bonds is 4. The zero-order valence-corrected chi connectivity index (χ0v) is 16.9. The number of anilines is 1. The van der Waals surface area contributed by atoms with Crippen LogP contribution in [0.1, 0.15) is 32.7 Å². The van der Waals surface area contributed by atoms with E-state index in [-0.39, 0.29) is 11.7 Å². The number of hydrogen-bond donors (Lipinski definition) is 1. The number of halogens is 1. The SMILES string of the molecule is Cc1onc(-c2ccc(F)cc2)c1C(=O)Nc1cccc(C2SCCCS2)c1. The Bertz CT molecular complexity index is 982. The number of aromatic nitrogens is 1. The number of thioether (sulfide) groups is 2. The Morgan fingerprint density at radius 3 is 2.68 bits per heavy atom. The standard InChI is InChI=1S/C21H19FN2O2S2/c1-13-18(19(24-26-13)14-6-8-16(22)9-7-14)20(25)23-17-5-2-4-15(12-17)21-27-10-3-11-28-21/h2,4-9,12,21H,3,10-11H2,1H3,(H,23,25). The first-order chi connectivity index (χ1) is 13.6. The summed E-state index contributed by atoms with van der Waals surface area (Å²) in [4.78, 5) is 12.9. The third kappa shape index (κ3) is 4.10. The molecule has 2 heterocycles. The van der Waals surface area contributed by atoms with Crippen molar-refractivity contribution >= 4 is 35.1 Å². The van der Waals surface area contributed by atoms with Gasteiger partial charge in [0.05, 0.1) is 4.58 Å². The van der Waals surface area contributed by atoms with E-state index in [1.54, 1.807) is 19.1 Å². The molecule has 2 aromatic carbocycles. The summed E-state index contributed by atoms with van der Waals surface area (Å²) in [5.74, 6) is 2.11. The first kappa shape index (κ1) is 19.1. The van der Waals surface area contributed by atoms with Gasteiger partial charge in [-0.05, 0) is 66.8 Å². The molecule has 0 saturated carbocycles. The molecule has 4 nitrogen and oxygen atoms in total. The lowest BCUT2D eigenvalue weighted by Gasteiger charge is -2.21. The van der Waals surface area contributed by atoms with Crippen molar-refractivity contribution in [3.8, 4) is 11.3 Å². The van der Waals surface area contributed by atoms with E-state index in [0.29, 0.717) is 27.2 Å². The molecule has 4 rings (SSSR count). The molecule has 1 aliphatic rings. The Hall–Kier alpha value is -2.25. The molecule has 1 fully saturated rings. The molecule has 1 N–H and O–H groups in total. The number of carbonyl (C=O) groups excluding carboxylic acids is 1. The van der Waals surface area contributed by atoms with E-state index < -0.39 is 0 Å². The summed E-state index contributed by atoms with van der Waals surface area (Å²) < 4.78 is 18.9. The average Bonchev–Trinajstić information content (AvgIpc) is 3.11.